The van der Waals surface area contributed by atoms with Crippen molar-refractivity contribution in [3.63, 3.8) is 0 Å². The van der Waals surface area contributed by atoms with Crippen LogP contribution in [-0.2, 0) is 0 Å². The van der Waals surface area contributed by atoms with E-state index in [1.807, 2.05) is 0 Å². The molecule has 2 rings (SSSR count). The van der Waals surface area contributed by atoms with E-state index in [2.05, 4.69) is 37.9 Å². The Bertz CT molecular complexity index is 269. The van der Waals surface area contributed by atoms with Crippen LogP contribution in [0.5, 0.6) is 0 Å². The van der Waals surface area contributed by atoms with Crippen LogP contribution >= 0.6 is 0 Å². The summed E-state index contributed by atoms with van der Waals surface area (Å²) >= 11 is 0. The van der Waals surface area contributed by atoms with Gasteiger partial charge in [0.1, 0.15) is 0 Å². The number of hydrogen-bond acceptors (Lipinski definition) is 2. The van der Waals surface area contributed by atoms with E-state index in [1.54, 1.807) is 0 Å². The molecule has 0 aromatic rings. The highest BCUT2D eigenvalue weighted by Crippen LogP contribution is 2.29. The maximum absolute atomic E-state index is 3.91. The topological polar surface area (TPSA) is 15.3 Å². The summed E-state index contributed by atoms with van der Waals surface area (Å²) in [4.78, 5) is 2.81. The molecular weight excluding hydrogens is 244 g/mol. The van der Waals surface area contributed by atoms with E-state index in [0.717, 1.165) is 29.8 Å². The predicted octanol–water partition coefficient (Wildman–Crippen LogP) is 3.91. The summed E-state index contributed by atoms with van der Waals surface area (Å²) in [6.07, 6.45) is 8.65. The van der Waals surface area contributed by atoms with E-state index in [1.165, 1.54) is 58.2 Å². The lowest BCUT2D eigenvalue weighted by Gasteiger charge is -2.45. The highest BCUT2D eigenvalue weighted by molar-refractivity contribution is 4.91. The summed E-state index contributed by atoms with van der Waals surface area (Å²) in [5.41, 5.74) is 0. The summed E-state index contributed by atoms with van der Waals surface area (Å²) in [5.74, 6) is 2.54. The van der Waals surface area contributed by atoms with Crippen molar-refractivity contribution in [2.24, 2.45) is 17.8 Å². The Morgan fingerprint density at radius 3 is 2.30 bits per heavy atom. The van der Waals surface area contributed by atoms with Crippen LogP contribution in [0.4, 0.5) is 0 Å². The molecule has 0 amide bonds. The van der Waals surface area contributed by atoms with Crippen molar-refractivity contribution in [3.8, 4) is 0 Å². The molecule has 0 aromatic heterocycles. The minimum Gasteiger partial charge on any atom is -0.311 e. The average Bonchev–Trinajstić information content (AvgIpc) is 2.40. The fraction of sp³-hybridized carbons (Fsp3) is 1.00. The first-order valence-electron chi connectivity index (χ1n) is 9.03. The van der Waals surface area contributed by atoms with Crippen LogP contribution in [0.25, 0.3) is 0 Å². The van der Waals surface area contributed by atoms with Crippen LogP contribution < -0.4 is 5.32 Å². The van der Waals surface area contributed by atoms with Crippen molar-refractivity contribution < 1.29 is 0 Å². The molecule has 0 spiro atoms. The molecule has 2 fully saturated rings. The maximum atomic E-state index is 3.91. The third kappa shape index (κ3) is 4.73. The Kier molecular flexibility index (Phi) is 6.35. The van der Waals surface area contributed by atoms with E-state index in [-0.39, 0.29) is 0 Å². The molecule has 0 radical (unpaired) electrons. The molecule has 1 saturated carbocycles. The standard InChI is InChI=1S/C18H36N2/c1-14(2)10-17-11-19-18(13-20(17)12-15(3)4)16-8-6-5-7-9-16/h14-19H,5-13H2,1-4H3. The van der Waals surface area contributed by atoms with Gasteiger partial charge in [0.25, 0.3) is 0 Å². The molecule has 118 valence electrons. The van der Waals surface area contributed by atoms with Gasteiger partial charge in [-0.2, -0.15) is 0 Å². The van der Waals surface area contributed by atoms with Gasteiger partial charge in [0.05, 0.1) is 0 Å². The number of rotatable bonds is 5. The van der Waals surface area contributed by atoms with E-state index in [4.69, 9.17) is 0 Å². The Balaban J connectivity index is 1.92. The Morgan fingerprint density at radius 1 is 1.00 bits per heavy atom. The Hall–Kier alpha value is -0.0800. The second kappa shape index (κ2) is 7.79. The van der Waals surface area contributed by atoms with Crippen molar-refractivity contribution in [2.75, 3.05) is 19.6 Å². The fourth-order valence-corrected chi connectivity index (χ4v) is 4.20. The van der Waals surface area contributed by atoms with Crippen molar-refractivity contribution in [3.05, 3.63) is 0 Å². The van der Waals surface area contributed by atoms with E-state index < -0.39 is 0 Å². The molecule has 2 unspecified atom stereocenters. The van der Waals surface area contributed by atoms with Gasteiger partial charge < -0.3 is 5.32 Å². The molecule has 2 aliphatic rings. The molecule has 1 aliphatic carbocycles. The second-order valence-electron chi connectivity index (χ2n) is 8.04. The van der Waals surface area contributed by atoms with E-state index in [0.29, 0.717) is 0 Å². The zero-order valence-electron chi connectivity index (χ0n) is 14.2. The average molecular weight is 280 g/mol. The second-order valence-corrected chi connectivity index (χ2v) is 8.04. The molecule has 1 aliphatic heterocycles. The first kappa shape index (κ1) is 16.3. The molecule has 1 N–H and O–H groups in total. The predicted molar refractivity (Wildman–Crippen MR) is 88.0 cm³/mol. The first-order valence-corrected chi connectivity index (χ1v) is 9.03. The van der Waals surface area contributed by atoms with Gasteiger partial charge in [0.2, 0.25) is 0 Å². The Morgan fingerprint density at radius 2 is 1.70 bits per heavy atom. The maximum Gasteiger partial charge on any atom is 0.0224 e. The smallest absolute Gasteiger partial charge is 0.0224 e. The number of nitrogens with one attached hydrogen (secondary N) is 1. The number of piperazine rings is 1. The monoisotopic (exact) mass is 280 g/mol. The molecule has 20 heavy (non-hydrogen) atoms. The third-order valence-corrected chi connectivity index (χ3v) is 5.13. The van der Waals surface area contributed by atoms with Crippen LogP contribution in [0.15, 0.2) is 0 Å². The molecule has 0 bridgehead atoms. The Labute approximate surface area is 126 Å². The summed E-state index contributed by atoms with van der Waals surface area (Å²) in [6.45, 7) is 13.2. The molecule has 2 heteroatoms. The van der Waals surface area contributed by atoms with Gasteiger partial charge in [-0.1, -0.05) is 47.0 Å². The quantitative estimate of drug-likeness (QED) is 0.821. The lowest BCUT2D eigenvalue weighted by molar-refractivity contribution is 0.0748. The largest absolute Gasteiger partial charge is 0.311 e. The molecule has 1 heterocycles. The highest BCUT2D eigenvalue weighted by atomic mass is 15.2. The fourth-order valence-electron chi connectivity index (χ4n) is 4.20. The third-order valence-electron chi connectivity index (χ3n) is 5.13. The normalized spacial score (nSPS) is 30.3. The summed E-state index contributed by atoms with van der Waals surface area (Å²) in [7, 11) is 0. The van der Waals surface area contributed by atoms with Crippen molar-refractivity contribution in [1.82, 2.24) is 10.2 Å². The van der Waals surface area contributed by atoms with Gasteiger partial charge in [0, 0.05) is 31.7 Å². The van der Waals surface area contributed by atoms with Gasteiger partial charge in [-0.05, 0) is 37.0 Å². The SMILES string of the molecule is CC(C)CC1CNC(C2CCCCC2)CN1CC(C)C. The van der Waals surface area contributed by atoms with Gasteiger partial charge in [-0.25, -0.2) is 0 Å². The van der Waals surface area contributed by atoms with Crippen molar-refractivity contribution in [2.45, 2.75) is 78.3 Å². The van der Waals surface area contributed by atoms with Gasteiger partial charge in [-0.15, -0.1) is 0 Å². The van der Waals surface area contributed by atoms with Crippen LogP contribution in [-0.4, -0.2) is 36.6 Å². The molecule has 2 atom stereocenters. The summed E-state index contributed by atoms with van der Waals surface area (Å²) < 4.78 is 0. The minimum atomic E-state index is 0.761. The molecule has 2 nitrogen and oxygen atoms in total. The van der Waals surface area contributed by atoms with Crippen LogP contribution in [0.1, 0.15) is 66.2 Å². The van der Waals surface area contributed by atoms with Crippen LogP contribution in [0.2, 0.25) is 0 Å². The van der Waals surface area contributed by atoms with Gasteiger partial charge in [0.15, 0.2) is 0 Å². The lowest BCUT2D eigenvalue weighted by atomic mass is 9.82. The number of nitrogens with zero attached hydrogens (tertiary/aromatic N) is 1. The van der Waals surface area contributed by atoms with Gasteiger partial charge >= 0.3 is 0 Å². The summed E-state index contributed by atoms with van der Waals surface area (Å²) in [6, 6.07) is 1.52. The summed E-state index contributed by atoms with van der Waals surface area (Å²) in [5, 5.41) is 3.91. The zero-order chi connectivity index (χ0) is 14.5. The molecular formula is C18H36N2. The van der Waals surface area contributed by atoms with Crippen LogP contribution in [0, 0.1) is 17.8 Å². The van der Waals surface area contributed by atoms with Crippen molar-refractivity contribution in [1.29, 1.82) is 0 Å². The van der Waals surface area contributed by atoms with E-state index in [9.17, 15) is 0 Å². The molecule has 1 saturated heterocycles. The highest BCUT2D eigenvalue weighted by Gasteiger charge is 2.33. The van der Waals surface area contributed by atoms with Crippen LogP contribution in [0.3, 0.4) is 0 Å². The first-order chi connectivity index (χ1) is 9.56. The number of hydrogen-bond donors (Lipinski definition) is 1. The van der Waals surface area contributed by atoms with E-state index >= 15 is 0 Å². The minimum absolute atomic E-state index is 0.761. The van der Waals surface area contributed by atoms with Crippen molar-refractivity contribution >= 4 is 0 Å². The zero-order valence-corrected chi connectivity index (χ0v) is 14.2. The lowest BCUT2D eigenvalue weighted by Crippen LogP contribution is -2.59. The molecule has 0 aromatic carbocycles. The van der Waals surface area contributed by atoms with Gasteiger partial charge in [-0.3, -0.25) is 4.90 Å².